The van der Waals surface area contributed by atoms with Gasteiger partial charge in [-0.15, -0.1) is 5.10 Å². The van der Waals surface area contributed by atoms with E-state index in [2.05, 4.69) is 40.8 Å². The molecular formula is C23H16F4N8O2. The molecule has 0 radical (unpaired) electrons. The Hall–Kier alpha value is -4.75. The highest BCUT2D eigenvalue weighted by atomic mass is 19.4. The van der Waals surface area contributed by atoms with Crippen LogP contribution in [0.4, 0.5) is 29.3 Å². The number of anilines is 2. The lowest BCUT2D eigenvalue weighted by atomic mass is 10.0. The number of hydrogen-bond acceptors (Lipinski definition) is 9. The minimum atomic E-state index is -4.64. The van der Waals surface area contributed by atoms with Crippen LogP contribution < -0.4 is 10.6 Å². The van der Waals surface area contributed by atoms with Crippen LogP contribution >= 0.6 is 0 Å². The lowest BCUT2D eigenvalue weighted by molar-refractivity contribution is -0.137. The monoisotopic (exact) mass is 512 g/mol. The number of nitrogens with one attached hydrogen (secondary N) is 2. The van der Waals surface area contributed by atoms with E-state index in [-0.39, 0.29) is 34.4 Å². The Balaban J connectivity index is 1.46. The fraction of sp³-hybridized carbons (Fsp3) is 0.174. The van der Waals surface area contributed by atoms with Crippen LogP contribution in [0, 0.1) is 5.82 Å². The van der Waals surface area contributed by atoms with Crippen molar-refractivity contribution < 1.29 is 26.8 Å². The van der Waals surface area contributed by atoms with Gasteiger partial charge in [0.15, 0.2) is 0 Å². The number of benzodiazepines with no additional fused rings is 1. The van der Waals surface area contributed by atoms with E-state index in [0.29, 0.717) is 24.0 Å². The molecule has 37 heavy (non-hydrogen) atoms. The summed E-state index contributed by atoms with van der Waals surface area (Å²) in [6.45, 7) is 1.84. The van der Waals surface area contributed by atoms with Crippen molar-refractivity contribution in [1.29, 1.82) is 0 Å². The maximum atomic E-state index is 14.1. The predicted octanol–water partition coefficient (Wildman–Crippen LogP) is 4.12. The first-order valence-electron chi connectivity index (χ1n) is 10.8. The van der Waals surface area contributed by atoms with Crippen molar-refractivity contribution in [3.05, 3.63) is 65.6 Å². The lowest BCUT2D eigenvalue weighted by Crippen LogP contribution is -2.32. The number of alkyl halides is 3. The number of rotatable bonds is 5. The van der Waals surface area contributed by atoms with Crippen molar-refractivity contribution >= 4 is 23.8 Å². The van der Waals surface area contributed by atoms with Crippen LogP contribution in [0.2, 0.25) is 0 Å². The number of halogens is 4. The Morgan fingerprint density at radius 1 is 1.11 bits per heavy atom. The highest BCUT2D eigenvalue weighted by Gasteiger charge is 2.33. The number of nitrogens with zero attached hydrogens (tertiary/aromatic N) is 6. The second-order valence-electron chi connectivity index (χ2n) is 7.79. The van der Waals surface area contributed by atoms with Crippen molar-refractivity contribution in [3.63, 3.8) is 0 Å². The summed E-state index contributed by atoms with van der Waals surface area (Å²) >= 11 is 0. The standard InChI is InChI=1S/C23H16F4N8O2/c1-2-16-28-8-12(9-29-16)14-6-13(23(25,26)27)10-30-18(14)21-34-35-22(37-21)33-19-20(36)32-17-11(7-31-19)4-3-5-15(17)24/h3-10,19H,2H2,1H3,(H,32,36)(H,33,35)/t19-/m1/s1. The first-order chi connectivity index (χ1) is 17.7. The maximum absolute atomic E-state index is 14.1. The molecule has 2 N–H and O–H groups in total. The molecule has 0 spiro atoms. The van der Waals surface area contributed by atoms with Gasteiger partial charge in [0.05, 0.1) is 11.3 Å². The normalized spacial score (nSPS) is 15.2. The van der Waals surface area contributed by atoms with Gasteiger partial charge in [0, 0.05) is 47.9 Å². The molecule has 0 aliphatic carbocycles. The molecule has 1 aliphatic rings. The van der Waals surface area contributed by atoms with Gasteiger partial charge in [0.1, 0.15) is 17.3 Å². The minimum Gasteiger partial charge on any atom is -0.402 e. The van der Waals surface area contributed by atoms with Gasteiger partial charge in [-0.1, -0.05) is 24.2 Å². The van der Waals surface area contributed by atoms with E-state index in [1.54, 1.807) is 6.07 Å². The van der Waals surface area contributed by atoms with Crippen molar-refractivity contribution in [2.24, 2.45) is 4.99 Å². The highest BCUT2D eigenvalue weighted by Crippen LogP contribution is 2.36. The summed E-state index contributed by atoms with van der Waals surface area (Å²) in [7, 11) is 0. The molecule has 4 heterocycles. The van der Waals surface area contributed by atoms with E-state index in [4.69, 9.17) is 4.42 Å². The van der Waals surface area contributed by atoms with Crippen LogP contribution in [0.3, 0.4) is 0 Å². The van der Waals surface area contributed by atoms with Crippen molar-refractivity contribution in [3.8, 4) is 22.7 Å². The molecule has 1 amide bonds. The largest absolute Gasteiger partial charge is 0.417 e. The fourth-order valence-corrected chi connectivity index (χ4v) is 3.48. The smallest absolute Gasteiger partial charge is 0.402 e. The molecule has 3 aromatic heterocycles. The minimum absolute atomic E-state index is 0.0174. The van der Waals surface area contributed by atoms with E-state index in [9.17, 15) is 22.4 Å². The van der Waals surface area contributed by atoms with E-state index in [1.807, 2.05) is 6.92 Å². The Morgan fingerprint density at radius 3 is 2.62 bits per heavy atom. The Labute approximate surface area is 205 Å². The number of carbonyl (C=O) groups excluding carboxylic acids is 1. The molecule has 0 unspecified atom stereocenters. The molecule has 4 aromatic rings. The zero-order valence-electron chi connectivity index (χ0n) is 18.9. The third-order valence-electron chi connectivity index (χ3n) is 5.34. The molecule has 5 rings (SSSR count). The first-order valence-corrected chi connectivity index (χ1v) is 10.8. The Kier molecular flexibility index (Phi) is 6.07. The molecule has 188 valence electrons. The molecule has 1 atom stereocenters. The molecule has 0 saturated carbocycles. The number of hydrogen-bond donors (Lipinski definition) is 2. The summed E-state index contributed by atoms with van der Waals surface area (Å²) < 4.78 is 59.8. The summed E-state index contributed by atoms with van der Waals surface area (Å²) in [5.41, 5.74) is -0.431. The van der Waals surface area contributed by atoms with Gasteiger partial charge >= 0.3 is 12.2 Å². The average Bonchev–Trinajstić information content (AvgIpc) is 3.29. The quantitative estimate of drug-likeness (QED) is 0.382. The number of para-hydroxylation sites is 1. The highest BCUT2D eigenvalue weighted by molar-refractivity contribution is 6.04. The second kappa shape index (κ2) is 9.37. The number of pyridine rings is 1. The summed E-state index contributed by atoms with van der Waals surface area (Å²) in [5.74, 6) is -1.03. The fourth-order valence-electron chi connectivity index (χ4n) is 3.48. The third kappa shape index (κ3) is 4.85. The van der Waals surface area contributed by atoms with Crippen molar-refractivity contribution in [1.82, 2.24) is 25.1 Å². The second-order valence-corrected chi connectivity index (χ2v) is 7.79. The number of aliphatic imine (C=N–C) groups is 1. The zero-order chi connectivity index (χ0) is 26.2. The number of amides is 1. The first kappa shape index (κ1) is 24.0. The van der Waals surface area contributed by atoms with Crippen LogP contribution in [-0.2, 0) is 17.4 Å². The Bertz CT molecular complexity index is 1500. The average molecular weight is 512 g/mol. The summed E-state index contributed by atoms with van der Waals surface area (Å²) in [6, 6.07) is 4.87. The number of carbonyl (C=O) groups is 1. The molecule has 1 aromatic carbocycles. The van der Waals surface area contributed by atoms with Gasteiger partial charge < -0.3 is 15.1 Å². The zero-order valence-corrected chi connectivity index (χ0v) is 18.9. The van der Waals surface area contributed by atoms with Crippen LogP contribution in [0.15, 0.2) is 52.3 Å². The topological polar surface area (TPSA) is 131 Å². The summed E-state index contributed by atoms with van der Waals surface area (Å²) in [5, 5.41) is 12.7. The SMILES string of the molecule is CCc1ncc(-c2cc(C(F)(F)F)cnc2-c2nnc(N[C@H]3N=Cc4cccc(F)c4NC3=O)o2)cn1. The molecule has 0 saturated heterocycles. The van der Waals surface area contributed by atoms with Gasteiger partial charge in [-0.2, -0.15) is 13.2 Å². The van der Waals surface area contributed by atoms with E-state index >= 15 is 0 Å². The maximum Gasteiger partial charge on any atom is 0.417 e. The lowest BCUT2D eigenvalue weighted by Gasteiger charge is -2.12. The molecule has 1 aliphatic heterocycles. The van der Waals surface area contributed by atoms with Gasteiger partial charge in [0.2, 0.25) is 6.17 Å². The summed E-state index contributed by atoms with van der Waals surface area (Å²) in [6.07, 6.45) is -0.648. The molecule has 10 nitrogen and oxygen atoms in total. The predicted molar refractivity (Wildman–Crippen MR) is 123 cm³/mol. The molecule has 14 heteroatoms. The third-order valence-corrected chi connectivity index (χ3v) is 5.34. The molecule has 0 bridgehead atoms. The van der Waals surface area contributed by atoms with Crippen LogP contribution in [0.5, 0.6) is 0 Å². The van der Waals surface area contributed by atoms with Gasteiger partial charge in [-0.05, 0) is 12.1 Å². The van der Waals surface area contributed by atoms with E-state index < -0.39 is 29.6 Å². The van der Waals surface area contributed by atoms with Gasteiger partial charge in [-0.3, -0.25) is 9.79 Å². The van der Waals surface area contributed by atoms with Gasteiger partial charge in [0.25, 0.3) is 11.8 Å². The van der Waals surface area contributed by atoms with Crippen molar-refractivity contribution in [2.75, 3.05) is 10.6 Å². The number of fused-ring (bicyclic) bond motifs is 1. The van der Waals surface area contributed by atoms with Gasteiger partial charge in [-0.25, -0.2) is 19.3 Å². The number of benzene rings is 1. The van der Waals surface area contributed by atoms with Crippen LogP contribution in [0.25, 0.3) is 22.7 Å². The van der Waals surface area contributed by atoms with E-state index in [0.717, 1.165) is 6.07 Å². The Morgan fingerprint density at radius 2 is 1.89 bits per heavy atom. The molecule has 0 fully saturated rings. The number of aryl methyl sites for hydroxylation is 1. The molecular weight excluding hydrogens is 496 g/mol. The van der Waals surface area contributed by atoms with Crippen molar-refractivity contribution in [2.45, 2.75) is 25.7 Å². The van der Waals surface area contributed by atoms with Crippen LogP contribution in [0.1, 0.15) is 23.9 Å². The van der Waals surface area contributed by atoms with Crippen LogP contribution in [-0.4, -0.2) is 43.4 Å². The van der Waals surface area contributed by atoms with E-state index in [1.165, 1.54) is 30.7 Å². The summed E-state index contributed by atoms with van der Waals surface area (Å²) in [4.78, 5) is 28.8. The number of aromatic nitrogens is 5.